The van der Waals surface area contributed by atoms with Crippen molar-refractivity contribution >= 4 is 0 Å². The minimum Gasteiger partial charge on any atom is -0.302 e. The molecular formula is C18H23FN2. The first kappa shape index (κ1) is 15.6. The highest BCUT2D eigenvalue weighted by Gasteiger charge is 2.15. The summed E-state index contributed by atoms with van der Waals surface area (Å²) in [5.41, 5.74) is 2.16. The van der Waals surface area contributed by atoms with Crippen LogP contribution in [0.25, 0.3) is 0 Å². The summed E-state index contributed by atoms with van der Waals surface area (Å²) in [6.45, 7) is 4.30. The molecule has 0 saturated carbocycles. The second kappa shape index (κ2) is 7.89. The van der Waals surface area contributed by atoms with E-state index in [1.165, 1.54) is 12.1 Å². The van der Waals surface area contributed by atoms with Crippen LogP contribution in [0.4, 0.5) is 4.39 Å². The Kier molecular flexibility index (Phi) is 5.88. The fourth-order valence-electron chi connectivity index (χ4n) is 2.47. The minimum atomic E-state index is -0.189. The van der Waals surface area contributed by atoms with E-state index >= 15 is 0 Å². The van der Waals surface area contributed by atoms with Crippen molar-refractivity contribution in [3.05, 3.63) is 65.7 Å². The summed E-state index contributed by atoms with van der Waals surface area (Å²) in [7, 11) is 0. The van der Waals surface area contributed by atoms with E-state index in [4.69, 9.17) is 0 Å². The predicted molar refractivity (Wildman–Crippen MR) is 84.5 cm³/mol. The van der Waals surface area contributed by atoms with Gasteiger partial charge in [0, 0.05) is 18.3 Å². The lowest BCUT2D eigenvalue weighted by molar-refractivity contribution is 0.426. The van der Waals surface area contributed by atoms with Crippen LogP contribution in [0.1, 0.15) is 56.5 Å². The maximum Gasteiger partial charge on any atom is 0.123 e. The Bertz CT molecular complexity index is 525. The number of nitrogens with one attached hydrogen (secondary N) is 1. The fraction of sp³-hybridized carbons (Fsp3) is 0.389. The van der Waals surface area contributed by atoms with Crippen LogP contribution in [0.5, 0.6) is 0 Å². The number of hydrogen-bond acceptors (Lipinski definition) is 2. The van der Waals surface area contributed by atoms with Gasteiger partial charge in [-0.05, 0) is 43.2 Å². The zero-order valence-corrected chi connectivity index (χ0v) is 12.7. The van der Waals surface area contributed by atoms with Gasteiger partial charge in [-0.2, -0.15) is 0 Å². The van der Waals surface area contributed by atoms with Gasteiger partial charge in [-0.15, -0.1) is 0 Å². The molecule has 1 heterocycles. The van der Waals surface area contributed by atoms with E-state index in [-0.39, 0.29) is 17.9 Å². The molecule has 0 bridgehead atoms. The molecule has 2 atom stereocenters. The van der Waals surface area contributed by atoms with Gasteiger partial charge >= 0.3 is 0 Å². The van der Waals surface area contributed by atoms with Crippen LogP contribution < -0.4 is 5.32 Å². The Labute approximate surface area is 126 Å². The van der Waals surface area contributed by atoms with E-state index in [0.717, 1.165) is 30.5 Å². The minimum absolute atomic E-state index is 0.165. The van der Waals surface area contributed by atoms with Crippen LogP contribution in [0.2, 0.25) is 0 Å². The zero-order chi connectivity index (χ0) is 15.1. The molecular weight excluding hydrogens is 263 g/mol. The SMILES string of the molecule is CCCCC(NC(C)c1ccccn1)c1ccc(F)cc1. The van der Waals surface area contributed by atoms with E-state index in [9.17, 15) is 4.39 Å². The number of rotatable bonds is 7. The first-order valence-corrected chi connectivity index (χ1v) is 7.63. The molecule has 0 aliphatic carbocycles. The van der Waals surface area contributed by atoms with Gasteiger partial charge in [-0.25, -0.2) is 4.39 Å². The number of unbranched alkanes of at least 4 members (excludes halogenated alkanes) is 1. The third kappa shape index (κ3) is 4.64. The second-order valence-electron chi connectivity index (χ2n) is 5.39. The van der Waals surface area contributed by atoms with Gasteiger partial charge in [-0.1, -0.05) is 38.0 Å². The molecule has 1 N–H and O–H groups in total. The maximum atomic E-state index is 13.1. The molecule has 2 rings (SSSR count). The quantitative estimate of drug-likeness (QED) is 0.790. The molecule has 1 aromatic carbocycles. The summed E-state index contributed by atoms with van der Waals surface area (Å²) in [4.78, 5) is 4.40. The molecule has 1 aromatic heterocycles. The molecule has 0 fully saturated rings. The zero-order valence-electron chi connectivity index (χ0n) is 12.7. The molecule has 2 nitrogen and oxygen atoms in total. The van der Waals surface area contributed by atoms with E-state index in [2.05, 4.69) is 24.1 Å². The van der Waals surface area contributed by atoms with Crippen molar-refractivity contribution in [2.45, 2.75) is 45.2 Å². The van der Waals surface area contributed by atoms with Crippen molar-refractivity contribution in [1.82, 2.24) is 10.3 Å². The summed E-state index contributed by atoms with van der Waals surface area (Å²) >= 11 is 0. The largest absolute Gasteiger partial charge is 0.302 e. The molecule has 21 heavy (non-hydrogen) atoms. The van der Waals surface area contributed by atoms with E-state index < -0.39 is 0 Å². The van der Waals surface area contributed by atoms with Crippen molar-refractivity contribution in [1.29, 1.82) is 0 Å². The van der Waals surface area contributed by atoms with Crippen LogP contribution in [0.3, 0.4) is 0 Å². The number of aromatic nitrogens is 1. The maximum absolute atomic E-state index is 13.1. The van der Waals surface area contributed by atoms with Crippen LogP contribution >= 0.6 is 0 Å². The highest BCUT2D eigenvalue weighted by molar-refractivity contribution is 5.20. The average molecular weight is 286 g/mol. The van der Waals surface area contributed by atoms with Crippen molar-refractivity contribution in [3.63, 3.8) is 0 Å². The van der Waals surface area contributed by atoms with E-state index in [0.29, 0.717) is 0 Å². The number of benzene rings is 1. The van der Waals surface area contributed by atoms with Crippen molar-refractivity contribution in [3.8, 4) is 0 Å². The van der Waals surface area contributed by atoms with E-state index in [1.807, 2.05) is 36.5 Å². The Morgan fingerprint density at radius 1 is 1.14 bits per heavy atom. The molecule has 0 saturated heterocycles. The summed E-state index contributed by atoms with van der Waals surface area (Å²) in [5, 5.41) is 3.62. The topological polar surface area (TPSA) is 24.9 Å². The van der Waals surface area contributed by atoms with Crippen molar-refractivity contribution in [2.75, 3.05) is 0 Å². The molecule has 0 radical (unpaired) electrons. The first-order chi connectivity index (χ1) is 10.2. The van der Waals surface area contributed by atoms with Crippen LogP contribution in [0.15, 0.2) is 48.7 Å². The van der Waals surface area contributed by atoms with Crippen molar-refractivity contribution in [2.24, 2.45) is 0 Å². The lowest BCUT2D eigenvalue weighted by Crippen LogP contribution is -2.25. The fourth-order valence-corrected chi connectivity index (χ4v) is 2.47. The molecule has 3 heteroatoms. The summed E-state index contributed by atoms with van der Waals surface area (Å²) in [5.74, 6) is -0.189. The molecule has 0 amide bonds. The first-order valence-electron chi connectivity index (χ1n) is 7.63. The Balaban J connectivity index is 2.10. The summed E-state index contributed by atoms with van der Waals surface area (Å²) < 4.78 is 13.1. The predicted octanol–water partition coefficient (Wildman–Crippen LogP) is 4.80. The summed E-state index contributed by atoms with van der Waals surface area (Å²) in [6, 6.07) is 13.1. The molecule has 2 aromatic rings. The number of pyridine rings is 1. The van der Waals surface area contributed by atoms with Gasteiger partial charge in [0.15, 0.2) is 0 Å². The third-order valence-corrected chi connectivity index (χ3v) is 3.70. The highest BCUT2D eigenvalue weighted by atomic mass is 19.1. The van der Waals surface area contributed by atoms with Crippen LogP contribution in [-0.4, -0.2) is 4.98 Å². The Hall–Kier alpha value is -1.74. The lowest BCUT2D eigenvalue weighted by Gasteiger charge is -2.23. The number of hydrogen-bond donors (Lipinski definition) is 1. The standard InChI is InChI=1S/C18H23FN2/c1-3-4-7-18(15-9-11-16(19)12-10-15)21-14(2)17-8-5-6-13-20-17/h5-6,8-14,18,21H,3-4,7H2,1-2H3. The number of nitrogens with zero attached hydrogens (tertiary/aromatic N) is 1. The third-order valence-electron chi connectivity index (χ3n) is 3.70. The molecule has 112 valence electrons. The van der Waals surface area contributed by atoms with Gasteiger partial charge in [0.1, 0.15) is 5.82 Å². The highest BCUT2D eigenvalue weighted by Crippen LogP contribution is 2.23. The van der Waals surface area contributed by atoms with Gasteiger partial charge in [0.2, 0.25) is 0 Å². The summed E-state index contributed by atoms with van der Waals surface area (Å²) in [6.07, 6.45) is 5.15. The smallest absolute Gasteiger partial charge is 0.123 e. The number of halogens is 1. The van der Waals surface area contributed by atoms with Gasteiger partial charge in [0.05, 0.1) is 5.69 Å². The van der Waals surface area contributed by atoms with Gasteiger partial charge in [0.25, 0.3) is 0 Å². The Morgan fingerprint density at radius 2 is 1.90 bits per heavy atom. The van der Waals surface area contributed by atoms with Crippen LogP contribution in [0, 0.1) is 5.82 Å². The second-order valence-corrected chi connectivity index (χ2v) is 5.39. The molecule has 2 unspecified atom stereocenters. The van der Waals surface area contributed by atoms with E-state index in [1.54, 1.807) is 0 Å². The molecule has 0 aliphatic rings. The molecule has 0 aliphatic heterocycles. The monoisotopic (exact) mass is 286 g/mol. The molecule has 0 spiro atoms. The average Bonchev–Trinajstić information content (AvgIpc) is 2.53. The van der Waals surface area contributed by atoms with Gasteiger partial charge < -0.3 is 5.32 Å². The van der Waals surface area contributed by atoms with Crippen molar-refractivity contribution < 1.29 is 4.39 Å². The van der Waals surface area contributed by atoms with Crippen LogP contribution in [-0.2, 0) is 0 Å². The Morgan fingerprint density at radius 3 is 2.52 bits per heavy atom. The lowest BCUT2D eigenvalue weighted by atomic mass is 9.99. The normalized spacial score (nSPS) is 13.9. The van der Waals surface area contributed by atoms with Gasteiger partial charge in [-0.3, -0.25) is 4.98 Å².